The van der Waals surface area contributed by atoms with Crippen molar-refractivity contribution >= 4 is 11.3 Å². The second-order valence-electron chi connectivity index (χ2n) is 3.49. The van der Waals surface area contributed by atoms with Gasteiger partial charge in [-0.2, -0.15) is 0 Å². The molecule has 1 aromatic heterocycles. The third kappa shape index (κ3) is 4.68. The Morgan fingerprint density at radius 1 is 1.40 bits per heavy atom. The molecule has 0 aliphatic rings. The van der Waals surface area contributed by atoms with Crippen LogP contribution in [0, 0.1) is 0 Å². The molecular formula is C10H16F2N2S. The van der Waals surface area contributed by atoms with Gasteiger partial charge < -0.3 is 5.32 Å². The molecule has 0 amide bonds. The summed E-state index contributed by atoms with van der Waals surface area (Å²) in [5.41, 5.74) is 0. The van der Waals surface area contributed by atoms with Crippen molar-refractivity contribution in [3.8, 4) is 0 Å². The van der Waals surface area contributed by atoms with Crippen molar-refractivity contribution in [2.24, 2.45) is 0 Å². The lowest BCUT2D eigenvalue weighted by molar-refractivity contribution is 0.0979. The van der Waals surface area contributed by atoms with E-state index in [2.05, 4.69) is 5.32 Å². The van der Waals surface area contributed by atoms with Gasteiger partial charge in [0.25, 0.3) is 6.43 Å². The van der Waals surface area contributed by atoms with E-state index in [0.717, 1.165) is 11.4 Å². The quantitative estimate of drug-likeness (QED) is 0.811. The molecule has 0 aliphatic heterocycles. The Balaban J connectivity index is 2.42. The average Bonchev–Trinajstić information content (AvgIpc) is 2.51. The van der Waals surface area contributed by atoms with Crippen molar-refractivity contribution in [3.05, 3.63) is 21.9 Å². The molecule has 0 saturated carbocycles. The zero-order chi connectivity index (χ0) is 11.3. The Labute approximate surface area is 92.9 Å². The normalized spacial score (nSPS) is 11.6. The molecular weight excluding hydrogens is 218 g/mol. The molecule has 0 fully saturated rings. The first-order valence-corrected chi connectivity index (χ1v) is 5.62. The monoisotopic (exact) mass is 234 g/mol. The number of hydrogen-bond donors (Lipinski definition) is 1. The van der Waals surface area contributed by atoms with E-state index in [4.69, 9.17) is 0 Å². The van der Waals surface area contributed by atoms with Crippen molar-refractivity contribution in [2.75, 3.05) is 20.6 Å². The molecule has 0 atom stereocenters. The lowest BCUT2D eigenvalue weighted by Gasteiger charge is -2.14. The maximum absolute atomic E-state index is 12.1. The molecule has 15 heavy (non-hydrogen) atoms. The van der Waals surface area contributed by atoms with E-state index in [1.807, 2.05) is 19.2 Å². The summed E-state index contributed by atoms with van der Waals surface area (Å²) in [5.74, 6) is 0. The van der Waals surface area contributed by atoms with Crippen LogP contribution in [-0.2, 0) is 13.1 Å². The number of nitrogens with one attached hydrogen (secondary N) is 1. The van der Waals surface area contributed by atoms with Crippen LogP contribution in [0.1, 0.15) is 9.75 Å². The van der Waals surface area contributed by atoms with Crippen molar-refractivity contribution in [2.45, 2.75) is 19.5 Å². The van der Waals surface area contributed by atoms with Crippen LogP contribution in [0.25, 0.3) is 0 Å². The predicted octanol–water partition coefficient (Wildman–Crippen LogP) is 2.16. The van der Waals surface area contributed by atoms with Crippen molar-refractivity contribution in [3.63, 3.8) is 0 Å². The zero-order valence-electron chi connectivity index (χ0n) is 8.96. The predicted molar refractivity (Wildman–Crippen MR) is 59.4 cm³/mol. The third-order valence-corrected chi connectivity index (χ3v) is 3.01. The van der Waals surface area contributed by atoms with Gasteiger partial charge in [0, 0.05) is 22.8 Å². The van der Waals surface area contributed by atoms with Gasteiger partial charge in [0.05, 0.1) is 6.54 Å². The summed E-state index contributed by atoms with van der Waals surface area (Å²) in [6.07, 6.45) is -2.26. The Bertz CT molecular complexity index is 289. The van der Waals surface area contributed by atoms with E-state index in [9.17, 15) is 8.78 Å². The maximum Gasteiger partial charge on any atom is 0.251 e. The molecule has 0 aromatic carbocycles. The highest BCUT2D eigenvalue weighted by molar-refractivity contribution is 7.11. The standard InChI is InChI=1S/C10H16F2N2S/c1-13-5-8-3-4-9(15-8)6-14(2)7-10(11)12/h3-4,10,13H,5-7H2,1-2H3. The number of hydrogen-bond acceptors (Lipinski definition) is 3. The van der Waals surface area contributed by atoms with Crippen LogP contribution in [0.5, 0.6) is 0 Å². The van der Waals surface area contributed by atoms with Gasteiger partial charge in [0.15, 0.2) is 0 Å². The van der Waals surface area contributed by atoms with E-state index >= 15 is 0 Å². The van der Waals surface area contributed by atoms with E-state index in [1.165, 1.54) is 4.88 Å². The molecule has 0 bridgehead atoms. The van der Waals surface area contributed by atoms with Gasteiger partial charge in [-0.15, -0.1) is 11.3 Å². The highest BCUT2D eigenvalue weighted by Crippen LogP contribution is 2.17. The lowest BCUT2D eigenvalue weighted by atomic mass is 10.4. The van der Waals surface area contributed by atoms with Crippen LogP contribution in [-0.4, -0.2) is 32.0 Å². The molecule has 0 unspecified atom stereocenters. The van der Waals surface area contributed by atoms with Gasteiger partial charge in [-0.05, 0) is 26.2 Å². The number of halogens is 2. The Morgan fingerprint density at radius 3 is 2.67 bits per heavy atom. The molecule has 0 spiro atoms. The summed E-state index contributed by atoms with van der Waals surface area (Å²) < 4.78 is 24.1. The zero-order valence-corrected chi connectivity index (χ0v) is 9.78. The highest BCUT2D eigenvalue weighted by Gasteiger charge is 2.09. The van der Waals surface area contributed by atoms with Gasteiger partial charge in [0.2, 0.25) is 0 Å². The van der Waals surface area contributed by atoms with Crippen LogP contribution in [0.15, 0.2) is 12.1 Å². The average molecular weight is 234 g/mol. The first-order valence-electron chi connectivity index (χ1n) is 4.80. The van der Waals surface area contributed by atoms with Gasteiger partial charge in [0.1, 0.15) is 0 Å². The lowest BCUT2D eigenvalue weighted by Crippen LogP contribution is -2.23. The molecule has 0 aliphatic carbocycles. The van der Waals surface area contributed by atoms with Crippen LogP contribution >= 0.6 is 11.3 Å². The molecule has 0 saturated heterocycles. The molecule has 1 rings (SSSR count). The van der Waals surface area contributed by atoms with E-state index in [0.29, 0.717) is 6.54 Å². The smallest absolute Gasteiger partial charge is 0.251 e. The molecule has 5 heteroatoms. The largest absolute Gasteiger partial charge is 0.315 e. The van der Waals surface area contributed by atoms with Crippen molar-refractivity contribution in [1.82, 2.24) is 10.2 Å². The summed E-state index contributed by atoms with van der Waals surface area (Å²) in [6, 6.07) is 4.03. The van der Waals surface area contributed by atoms with Gasteiger partial charge in [-0.25, -0.2) is 8.78 Å². The minimum atomic E-state index is -2.26. The fourth-order valence-electron chi connectivity index (χ4n) is 1.34. The first-order chi connectivity index (χ1) is 7.11. The Hall–Kier alpha value is -0.520. The molecule has 2 nitrogen and oxygen atoms in total. The van der Waals surface area contributed by atoms with E-state index < -0.39 is 6.43 Å². The minimum absolute atomic E-state index is 0.167. The van der Waals surface area contributed by atoms with Crippen molar-refractivity contribution < 1.29 is 8.78 Å². The molecule has 1 aromatic rings. The Kier molecular flexibility index (Phi) is 5.14. The van der Waals surface area contributed by atoms with Gasteiger partial charge in [-0.1, -0.05) is 0 Å². The van der Waals surface area contributed by atoms with E-state index in [1.54, 1.807) is 23.3 Å². The SMILES string of the molecule is CNCc1ccc(CN(C)CC(F)F)s1. The van der Waals surface area contributed by atoms with Crippen LogP contribution in [0.2, 0.25) is 0 Å². The highest BCUT2D eigenvalue weighted by atomic mass is 32.1. The van der Waals surface area contributed by atoms with Gasteiger partial charge >= 0.3 is 0 Å². The number of rotatable bonds is 6. The molecule has 1 heterocycles. The van der Waals surface area contributed by atoms with Crippen LogP contribution < -0.4 is 5.32 Å². The second kappa shape index (κ2) is 6.15. The second-order valence-corrected chi connectivity index (χ2v) is 4.74. The third-order valence-electron chi connectivity index (χ3n) is 1.94. The van der Waals surface area contributed by atoms with E-state index in [-0.39, 0.29) is 6.54 Å². The number of alkyl halides is 2. The van der Waals surface area contributed by atoms with Crippen LogP contribution in [0.4, 0.5) is 8.78 Å². The summed E-state index contributed by atoms with van der Waals surface area (Å²) in [7, 11) is 3.60. The summed E-state index contributed by atoms with van der Waals surface area (Å²) in [4.78, 5) is 4.00. The fourth-order valence-corrected chi connectivity index (χ4v) is 2.45. The topological polar surface area (TPSA) is 15.3 Å². The minimum Gasteiger partial charge on any atom is -0.315 e. The first kappa shape index (κ1) is 12.5. The Morgan fingerprint density at radius 2 is 2.07 bits per heavy atom. The van der Waals surface area contributed by atoms with Crippen LogP contribution in [0.3, 0.4) is 0 Å². The molecule has 0 radical (unpaired) electrons. The molecule has 1 N–H and O–H groups in total. The summed E-state index contributed by atoms with van der Waals surface area (Å²) >= 11 is 1.66. The summed E-state index contributed by atoms with van der Waals surface area (Å²) in [6.45, 7) is 1.27. The number of nitrogens with zero attached hydrogens (tertiary/aromatic N) is 1. The fraction of sp³-hybridized carbons (Fsp3) is 0.600. The maximum atomic E-state index is 12.1. The van der Waals surface area contributed by atoms with Gasteiger partial charge in [-0.3, -0.25) is 4.90 Å². The molecule has 86 valence electrons. The summed E-state index contributed by atoms with van der Waals surface area (Å²) in [5, 5.41) is 3.06. The number of thiophene rings is 1. The van der Waals surface area contributed by atoms with Crippen molar-refractivity contribution in [1.29, 1.82) is 0 Å².